The van der Waals surface area contributed by atoms with E-state index in [9.17, 15) is 9.59 Å². The molecule has 38 heavy (non-hydrogen) atoms. The van der Waals surface area contributed by atoms with E-state index in [1.807, 2.05) is 36.4 Å². The van der Waals surface area contributed by atoms with Crippen LogP contribution in [0.3, 0.4) is 0 Å². The maximum Gasteiger partial charge on any atom is 0.256 e. The van der Waals surface area contributed by atoms with Gasteiger partial charge in [-0.1, -0.05) is 55.5 Å². The van der Waals surface area contributed by atoms with Gasteiger partial charge in [0.1, 0.15) is 0 Å². The average molecular weight is 516 g/mol. The summed E-state index contributed by atoms with van der Waals surface area (Å²) in [6, 6.07) is 22.0. The molecule has 0 spiro atoms. The van der Waals surface area contributed by atoms with E-state index in [2.05, 4.69) is 41.0 Å². The number of nitrogens with zero attached hydrogens (tertiary/aromatic N) is 3. The number of anilines is 1. The average Bonchev–Trinajstić information content (AvgIpc) is 2.96. The first-order chi connectivity index (χ1) is 18.5. The maximum atomic E-state index is 13.8. The van der Waals surface area contributed by atoms with Crippen LogP contribution in [-0.4, -0.2) is 68.9 Å². The van der Waals surface area contributed by atoms with Crippen molar-refractivity contribution in [1.82, 2.24) is 9.80 Å². The molecule has 7 nitrogen and oxygen atoms in total. The second-order valence-electron chi connectivity index (χ2n) is 9.67. The van der Waals surface area contributed by atoms with E-state index >= 15 is 0 Å². The van der Waals surface area contributed by atoms with Crippen molar-refractivity contribution in [2.75, 3.05) is 45.8 Å². The molecule has 3 aromatic rings. The summed E-state index contributed by atoms with van der Waals surface area (Å²) >= 11 is 0. The highest BCUT2D eigenvalue weighted by molar-refractivity contribution is 6.06. The smallest absolute Gasteiger partial charge is 0.256 e. The van der Waals surface area contributed by atoms with Crippen LogP contribution >= 0.6 is 0 Å². The Labute approximate surface area is 225 Å². The minimum atomic E-state index is -0.183. The van der Waals surface area contributed by atoms with E-state index in [1.165, 1.54) is 5.56 Å². The molecule has 200 valence electrons. The highest BCUT2D eigenvalue weighted by Gasteiger charge is 2.30. The van der Waals surface area contributed by atoms with E-state index in [4.69, 9.17) is 9.47 Å². The van der Waals surface area contributed by atoms with Crippen LogP contribution in [0.1, 0.15) is 45.2 Å². The van der Waals surface area contributed by atoms with Crippen LogP contribution in [0.25, 0.3) is 0 Å². The molecule has 0 bridgehead atoms. The zero-order chi connectivity index (χ0) is 27.1. The predicted octanol–water partition coefficient (Wildman–Crippen LogP) is 4.89. The van der Waals surface area contributed by atoms with Crippen molar-refractivity contribution in [2.45, 2.75) is 32.5 Å². The van der Waals surface area contributed by atoms with Gasteiger partial charge in [0.2, 0.25) is 0 Å². The number of carbonyl (C=O) groups is 2. The van der Waals surface area contributed by atoms with Crippen molar-refractivity contribution in [3.8, 4) is 11.5 Å². The first-order valence-electron chi connectivity index (χ1n) is 13.1. The summed E-state index contributed by atoms with van der Waals surface area (Å²) < 4.78 is 10.8. The van der Waals surface area contributed by atoms with Crippen LogP contribution in [0.15, 0.2) is 66.7 Å². The number of hydrogen-bond acceptors (Lipinski definition) is 6. The molecule has 1 unspecified atom stereocenters. The van der Waals surface area contributed by atoms with Crippen LogP contribution in [0.2, 0.25) is 0 Å². The highest BCUT2D eigenvalue weighted by Crippen LogP contribution is 2.30. The molecule has 1 saturated heterocycles. The highest BCUT2D eigenvalue weighted by atomic mass is 16.5. The van der Waals surface area contributed by atoms with Gasteiger partial charge in [0.15, 0.2) is 17.8 Å². The first-order valence-corrected chi connectivity index (χ1v) is 13.1. The lowest BCUT2D eigenvalue weighted by Crippen LogP contribution is -2.53. The molecule has 1 heterocycles. The number of amides is 1. The van der Waals surface area contributed by atoms with Crippen molar-refractivity contribution in [3.63, 3.8) is 0 Å². The lowest BCUT2D eigenvalue weighted by atomic mass is 10.0. The van der Waals surface area contributed by atoms with E-state index in [0.717, 1.165) is 50.1 Å². The summed E-state index contributed by atoms with van der Waals surface area (Å²) in [5.74, 6) is 1.06. The van der Waals surface area contributed by atoms with Crippen molar-refractivity contribution in [1.29, 1.82) is 0 Å². The van der Waals surface area contributed by atoms with Crippen LogP contribution < -0.4 is 14.4 Å². The van der Waals surface area contributed by atoms with Gasteiger partial charge in [-0.2, -0.15) is 0 Å². The summed E-state index contributed by atoms with van der Waals surface area (Å²) in [6.07, 6.45) is 1.78. The molecule has 3 aromatic carbocycles. The quantitative estimate of drug-likeness (QED) is 0.359. The Bertz CT molecular complexity index is 1250. The van der Waals surface area contributed by atoms with E-state index in [1.54, 1.807) is 32.2 Å². The van der Waals surface area contributed by atoms with Crippen molar-refractivity contribution in [2.24, 2.45) is 0 Å². The summed E-state index contributed by atoms with van der Waals surface area (Å²) in [4.78, 5) is 32.3. The SMILES string of the molecule is CCC1CN(c2cccc(C=O)c2C(=O)N(C)Cc2ccc(OC)c(OC)c2)CCN1Cc1ccccc1. The number of ether oxygens (including phenoxy) is 2. The molecule has 1 fully saturated rings. The topological polar surface area (TPSA) is 62.3 Å². The third-order valence-corrected chi connectivity index (χ3v) is 7.28. The largest absolute Gasteiger partial charge is 0.493 e. The van der Waals surface area contributed by atoms with Gasteiger partial charge in [-0.3, -0.25) is 14.5 Å². The van der Waals surface area contributed by atoms with Gasteiger partial charge >= 0.3 is 0 Å². The van der Waals surface area contributed by atoms with Crippen molar-refractivity contribution < 1.29 is 19.1 Å². The molecule has 4 rings (SSSR count). The Morgan fingerprint density at radius 3 is 2.42 bits per heavy atom. The lowest BCUT2D eigenvalue weighted by molar-refractivity contribution is 0.0782. The number of aldehydes is 1. The molecular weight excluding hydrogens is 478 g/mol. The number of carbonyl (C=O) groups excluding carboxylic acids is 2. The van der Waals surface area contributed by atoms with Gasteiger partial charge in [0.05, 0.1) is 25.5 Å². The fraction of sp³-hybridized carbons (Fsp3) is 0.355. The van der Waals surface area contributed by atoms with Gasteiger partial charge in [-0.15, -0.1) is 0 Å². The molecule has 1 atom stereocenters. The molecule has 0 aromatic heterocycles. The molecule has 0 aliphatic carbocycles. The number of rotatable bonds is 10. The van der Waals surface area contributed by atoms with Crippen molar-refractivity contribution >= 4 is 17.9 Å². The normalized spacial score (nSPS) is 15.7. The molecule has 1 amide bonds. The maximum absolute atomic E-state index is 13.8. The van der Waals surface area contributed by atoms with E-state index in [-0.39, 0.29) is 5.91 Å². The first kappa shape index (κ1) is 27.2. The summed E-state index contributed by atoms with van der Waals surface area (Å²) in [7, 11) is 4.94. The number of methoxy groups -OCH3 is 2. The zero-order valence-corrected chi connectivity index (χ0v) is 22.7. The Morgan fingerprint density at radius 2 is 1.74 bits per heavy atom. The zero-order valence-electron chi connectivity index (χ0n) is 22.7. The minimum absolute atomic E-state index is 0.183. The molecule has 0 saturated carbocycles. The third-order valence-electron chi connectivity index (χ3n) is 7.28. The Morgan fingerprint density at radius 1 is 0.974 bits per heavy atom. The molecule has 0 N–H and O–H groups in total. The van der Waals surface area contributed by atoms with Gasteiger partial charge in [-0.05, 0) is 35.7 Å². The van der Waals surface area contributed by atoms with Gasteiger partial charge in [-0.25, -0.2) is 0 Å². The van der Waals surface area contributed by atoms with Gasteiger partial charge in [0.25, 0.3) is 5.91 Å². The van der Waals surface area contributed by atoms with Crippen molar-refractivity contribution in [3.05, 3.63) is 89.0 Å². The Hall–Kier alpha value is -3.84. The predicted molar refractivity (Wildman–Crippen MR) is 150 cm³/mol. The number of benzene rings is 3. The van der Waals surface area contributed by atoms with E-state index < -0.39 is 0 Å². The Kier molecular flexibility index (Phi) is 9.02. The molecule has 1 aliphatic heterocycles. The van der Waals surface area contributed by atoms with E-state index in [0.29, 0.717) is 35.2 Å². The second kappa shape index (κ2) is 12.6. The molecule has 1 aliphatic rings. The Balaban J connectivity index is 1.56. The second-order valence-corrected chi connectivity index (χ2v) is 9.67. The molecule has 7 heteroatoms. The fourth-order valence-corrected chi connectivity index (χ4v) is 5.19. The third kappa shape index (κ3) is 6.00. The lowest BCUT2D eigenvalue weighted by Gasteiger charge is -2.43. The molecule has 0 radical (unpaired) electrons. The van der Waals surface area contributed by atoms with Crippen LogP contribution in [0.5, 0.6) is 11.5 Å². The number of hydrogen-bond donors (Lipinski definition) is 0. The summed E-state index contributed by atoms with van der Waals surface area (Å²) in [5, 5.41) is 0. The summed E-state index contributed by atoms with van der Waals surface area (Å²) in [5.41, 5.74) is 3.89. The van der Waals surface area contributed by atoms with Gasteiger partial charge < -0.3 is 19.3 Å². The van der Waals surface area contributed by atoms with Crippen LogP contribution in [0.4, 0.5) is 5.69 Å². The fourth-order valence-electron chi connectivity index (χ4n) is 5.19. The number of piperazine rings is 1. The monoisotopic (exact) mass is 515 g/mol. The molecular formula is C31H37N3O4. The minimum Gasteiger partial charge on any atom is -0.493 e. The van der Waals surface area contributed by atoms with Crippen LogP contribution in [0, 0.1) is 0 Å². The van der Waals surface area contributed by atoms with Crippen LogP contribution in [-0.2, 0) is 13.1 Å². The summed E-state index contributed by atoms with van der Waals surface area (Å²) in [6.45, 7) is 5.94. The standard InChI is InChI=1S/C31H37N3O4/c1-5-26-21-34(17-16-33(26)20-23-10-7-6-8-11-23)27-13-9-12-25(22-35)30(27)31(36)32(2)19-24-14-15-28(37-3)29(18-24)38-4/h6-15,18,22,26H,5,16-17,19-21H2,1-4H3. The van der Waals surface area contributed by atoms with Gasteiger partial charge in [0, 0.05) is 51.4 Å².